The molecule has 1 aromatic heterocycles. The van der Waals surface area contributed by atoms with E-state index < -0.39 is 0 Å². The number of aryl methyl sites for hydroxylation is 3. The van der Waals surface area contributed by atoms with Gasteiger partial charge in [-0.3, -0.25) is 4.31 Å². The standard InChI is InChI=1S/C34H35ClN4S2.C4H10/c1-5-20-39-32-19-14-27(33(36)40)22-31(32)37-34(39)25-9-6-23(7-10-25)8-11-26-21-29(41(4)38(2)3)17-18-30(26)24-12-15-28(35)16-13-24;1-3-4-2/h6-7,9-10,12-19,21-22H,4-5,8,11,20H2,1-3H3,(H2,36,40);3-4H2,1-2H3. The number of fused-ring (bicyclic) bond motifs is 1. The lowest BCUT2D eigenvalue weighted by Crippen LogP contribution is -2.08. The Morgan fingerprint density at radius 2 is 1.53 bits per heavy atom. The van der Waals surface area contributed by atoms with E-state index in [1.165, 1.54) is 40.0 Å². The zero-order valence-electron chi connectivity index (χ0n) is 27.1. The summed E-state index contributed by atoms with van der Waals surface area (Å²) in [5.41, 5.74) is 14.9. The summed E-state index contributed by atoms with van der Waals surface area (Å²) in [6, 6.07) is 29.7. The summed E-state index contributed by atoms with van der Waals surface area (Å²) in [5.74, 6) is 5.35. The number of nitrogens with two attached hydrogens (primary N) is 1. The van der Waals surface area contributed by atoms with E-state index in [0.29, 0.717) is 4.99 Å². The third-order valence-corrected chi connectivity index (χ3v) is 9.99. The second-order valence-electron chi connectivity index (χ2n) is 11.4. The minimum atomic E-state index is -0.213. The maximum atomic E-state index is 6.18. The molecule has 1 unspecified atom stereocenters. The number of aromatic nitrogens is 2. The van der Waals surface area contributed by atoms with Gasteiger partial charge in [-0.1, -0.05) is 116 Å². The molecule has 5 aromatic rings. The molecule has 0 aliphatic heterocycles. The molecule has 4 aromatic carbocycles. The number of imidazole rings is 1. The number of benzene rings is 4. The topological polar surface area (TPSA) is 47.1 Å². The predicted molar refractivity (Wildman–Crippen MR) is 203 cm³/mol. The van der Waals surface area contributed by atoms with E-state index in [2.05, 4.69) is 110 Å². The Morgan fingerprint density at radius 3 is 2.13 bits per heavy atom. The highest BCUT2D eigenvalue weighted by molar-refractivity contribution is 8.12. The minimum Gasteiger partial charge on any atom is -0.389 e. The molecule has 45 heavy (non-hydrogen) atoms. The van der Waals surface area contributed by atoms with E-state index in [0.717, 1.165) is 58.8 Å². The third kappa shape index (κ3) is 8.71. The molecule has 0 aliphatic carbocycles. The van der Waals surface area contributed by atoms with Gasteiger partial charge in [0.25, 0.3) is 0 Å². The number of hydrogen-bond acceptors (Lipinski definition) is 3. The van der Waals surface area contributed by atoms with Crippen LogP contribution in [0.4, 0.5) is 0 Å². The largest absolute Gasteiger partial charge is 0.389 e. The molecule has 0 fully saturated rings. The van der Waals surface area contributed by atoms with Crippen LogP contribution in [0.5, 0.6) is 0 Å². The predicted octanol–water partition coefficient (Wildman–Crippen LogP) is 10.2. The molecule has 0 amide bonds. The van der Waals surface area contributed by atoms with Gasteiger partial charge in [0.2, 0.25) is 0 Å². The number of halogens is 1. The lowest BCUT2D eigenvalue weighted by atomic mass is 9.95. The first-order valence-electron chi connectivity index (χ1n) is 15.7. The normalized spacial score (nSPS) is 11.8. The van der Waals surface area contributed by atoms with E-state index in [-0.39, 0.29) is 10.7 Å². The first-order valence-corrected chi connectivity index (χ1v) is 17.8. The van der Waals surface area contributed by atoms with Crippen LogP contribution in [0.15, 0.2) is 89.8 Å². The van der Waals surface area contributed by atoms with Crippen molar-refractivity contribution in [2.24, 2.45) is 5.73 Å². The van der Waals surface area contributed by atoms with E-state index in [1.807, 2.05) is 24.3 Å². The maximum Gasteiger partial charge on any atom is 0.141 e. The summed E-state index contributed by atoms with van der Waals surface area (Å²) in [5, 5.41) is 0.745. The smallest absolute Gasteiger partial charge is 0.141 e. The Labute approximate surface area is 282 Å². The van der Waals surface area contributed by atoms with Gasteiger partial charge in [0.05, 0.1) is 11.0 Å². The molecule has 0 saturated carbocycles. The third-order valence-electron chi connectivity index (χ3n) is 7.82. The van der Waals surface area contributed by atoms with Crippen molar-refractivity contribution < 1.29 is 0 Å². The van der Waals surface area contributed by atoms with Crippen molar-refractivity contribution >= 4 is 56.4 Å². The van der Waals surface area contributed by atoms with Gasteiger partial charge in [-0.25, -0.2) is 4.98 Å². The number of nitrogens with zero attached hydrogens (tertiary/aromatic N) is 3. The molecule has 0 bridgehead atoms. The Balaban J connectivity index is 0.00000109. The summed E-state index contributed by atoms with van der Waals surface area (Å²) >= 11 is 11.4. The Kier molecular flexibility index (Phi) is 12.5. The average molecular weight is 657 g/mol. The lowest BCUT2D eigenvalue weighted by molar-refractivity contribution is 0.700. The van der Waals surface area contributed by atoms with Crippen LogP contribution in [0, 0.1) is 0 Å². The van der Waals surface area contributed by atoms with Gasteiger partial charge in [0.1, 0.15) is 10.8 Å². The monoisotopic (exact) mass is 656 g/mol. The van der Waals surface area contributed by atoms with Gasteiger partial charge in [0.15, 0.2) is 0 Å². The summed E-state index contributed by atoms with van der Waals surface area (Å²) in [6.07, 6.45) is 5.51. The van der Waals surface area contributed by atoms with Gasteiger partial charge >= 0.3 is 0 Å². The number of unbranched alkanes of at least 4 members (excludes halogenated alkanes) is 1. The van der Waals surface area contributed by atoms with Crippen LogP contribution in [0.3, 0.4) is 0 Å². The van der Waals surface area contributed by atoms with Crippen LogP contribution in [0.25, 0.3) is 33.5 Å². The molecule has 0 saturated heterocycles. The first kappa shape index (κ1) is 34.6. The second-order valence-corrected chi connectivity index (χ2v) is 14.2. The fraction of sp³-hybridized carbons (Fsp3) is 0.289. The van der Waals surface area contributed by atoms with E-state index in [9.17, 15) is 0 Å². The summed E-state index contributed by atoms with van der Waals surface area (Å²) in [4.78, 5) is 6.62. The molecule has 1 heterocycles. The quantitative estimate of drug-likeness (QED) is 0.144. The highest BCUT2D eigenvalue weighted by atomic mass is 35.5. The molecule has 5 rings (SSSR count). The van der Waals surface area contributed by atoms with Gasteiger partial charge in [-0.05, 0) is 98.1 Å². The van der Waals surface area contributed by atoms with Crippen molar-refractivity contribution in [2.75, 3.05) is 14.1 Å². The van der Waals surface area contributed by atoms with E-state index >= 15 is 0 Å². The van der Waals surface area contributed by atoms with Crippen LogP contribution in [0.2, 0.25) is 5.02 Å². The van der Waals surface area contributed by atoms with Crippen LogP contribution in [-0.4, -0.2) is 38.8 Å². The average Bonchev–Trinajstić information content (AvgIpc) is 3.41. The van der Waals surface area contributed by atoms with Crippen LogP contribution >= 0.6 is 34.5 Å². The molecule has 0 spiro atoms. The molecule has 7 heteroatoms. The van der Waals surface area contributed by atoms with Crippen LogP contribution in [-0.2, 0) is 19.4 Å². The number of rotatable bonds is 11. The number of hydrogen-bond donors (Lipinski definition) is 1. The Morgan fingerprint density at radius 1 is 0.867 bits per heavy atom. The van der Waals surface area contributed by atoms with Crippen LogP contribution < -0.4 is 5.73 Å². The fourth-order valence-electron chi connectivity index (χ4n) is 5.10. The zero-order chi connectivity index (χ0) is 32.5. The zero-order valence-corrected chi connectivity index (χ0v) is 29.5. The summed E-state index contributed by atoms with van der Waals surface area (Å²) in [6.45, 7) is 7.44. The highest BCUT2D eigenvalue weighted by Crippen LogP contribution is 2.34. The van der Waals surface area contributed by atoms with Crippen molar-refractivity contribution in [2.45, 2.75) is 64.3 Å². The van der Waals surface area contributed by atoms with Gasteiger partial charge in [-0.15, -0.1) is 0 Å². The van der Waals surface area contributed by atoms with Crippen molar-refractivity contribution in [3.63, 3.8) is 0 Å². The SMILES string of the molecule is C=S(c1ccc(-c2ccc(Cl)cc2)c(CCc2ccc(-c3nc4cc(C(N)=S)ccc4n3CCC)cc2)c1)N(C)C.CCCC. The molecular formula is C38H45ClN4S2. The molecule has 0 aliphatic rings. The highest BCUT2D eigenvalue weighted by Gasteiger charge is 2.14. The minimum absolute atomic E-state index is 0.213. The molecule has 4 nitrogen and oxygen atoms in total. The maximum absolute atomic E-state index is 6.18. The molecule has 2 N–H and O–H groups in total. The van der Waals surface area contributed by atoms with Gasteiger partial charge < -0.3 is 10.3 Å². The van der Waals surface area contributed by atoms with Gasteiger partial charge in [-0.2, -0.15) is 0 Å². The summed E-state index contributed by atoms with van der Waals surface area (Å²) < 4.78 is 4.45. The Bertz CT molecular complexity index is 1750. The molecule has 0 radical (unpaired) electrons. The van der Waals surface area contributed by atoms with E-state index in [1.54, 1.807) is 0 Å². The van der Waals surface area contributed by atoms with Crippen molar-refractivity contribution in [3.05, 3.63) is 107 Å². The van der Waals surface area contributed by atoms with Crippen LogP contribution in [0.1, 0.15) is 56.7 Å². The fourth-order valence-corrected chi connectivity index (χ4v) is 6.28. The Hall–Kier alpha value is -3.29. The van der Waals surface area contributed by atoms with Crippen molar-refractivity contribution in [1.29, 1.82) is 0 Å². The second kappa shape index (κ2) is 16.3. The van der Waals surface area contributed by atoms with E-state index in [4.69, 9.17) is 34.5 Å². The van der Waals surface area contributed by atoms with Crippen molar-refractivity contribution in [1.82, 2.24) is 13.9 Å². The lowest BCUT2D eigenvalue weighted by Gasteiger charge is -2.18. The molecule has 236 valence electrons. The first-order chi connectivity index (χ1) is 21.7. The molecule has 1 atom stereocenters. The van der Waals surface area contributed by atoms with Gasteiger partial charge in [0, 0.05) is 27.6 Å². The van der Waals surface area contributed by atoms with Crippen molar-refractivity contribution in [3.8, 4) is 22.5 Å². The number of thiocarbonyl (C=S) groups is 1. The molecular weight excluding hydrogens is 612 g/mol. The summed E-state index contributed by atoms with van der Waals surface area (Å²) in [7, 11) is 3.94.